The standard InChI is InChI=1S/C17H16ClF2N5OS/c1-24-7-12(8-24)25(11-4-2-3-10(18)5-11)9-14-21-6-13(27-14)16-22-23-17(26-16)15(19)20/h2-6,12,15H,7-9H2,1H3. The van der Waals surface area contributed by atoms with Gasteiger partial charge in [0.25, 0.3) is 11.8 Å². The number of aromatic nitrogens is 3. The molecule has 0 N–H and O–H groups in total. The molecule has 1 fully saturated rings. The van der Waals surface area contributed by atoms with Crippen molar-refractivity contribution in [2.75, 3.05) is 25.0 Å². The first kappa shape index (κ1) is 18.3. The first-order valence-corrected chi connectivity index (χ1v) is 9.46. The number of anilines is 1. The zero-order valence-corrected chi connectivity index (χ0v) is 15.9. The summed E-state index contributed by atoms with van der Waals surface area (Å²) in [5.74, 6) is -0.621. The quantitative estimate of drug-likeness (QED) is 0.608. The van der Waals surface area contributed by atoms with Gasteiger partial charge in [-0.2, -0.15) is 8.78 Å². The van der Waals surface area contributed by atoms with Crippen molar-refractivity contribution in [2.45, 2.75) is 19.0 Å². The molecule has 0 aliphatic carbocycles. The molecule has 10 heteroatoms. The minimum atomic E-state index is -2.78. The highest BCUT2D eigenvalue weighted by Gasteiger charge is 2.30. The van der Waals surface area contributed by atoms with Gasteiger partial charge in [0.05, 0.1) is 18.8 Å². The Morgan fingerprint density at radius 2 is 2.19 bits per heavy atom. The van der Waals surface area contributed by atoms with Crippen LogP contribution in [0.15, 0.2) is 34.9 Å². The van der Waals surface area contributed by atoms with Crippen LogP contribution in [-0.2, 0) is 6.54 Å². The number of hydrogen-bond donors (Lipinski definition) is 0. The Bertz CT molecular complexity index is 927. The van der Waals surface area contributed by atoms with Crippen molar-refractivity contribution in [1.82, 2.24) is 20.1 Å². The molecule has 1 saturated heterocycles. The van der Waals surface area contributed by atoms with Gasteiger partial charge in [0.2, 0.25) is 0 Å². The van der Waals surface area contributed by atoms with E-state index in [9.17, 15) is 8.78 Å². The summed E-state index contributed by atoms with van der Waals surface area (Å²) in [4.78, 5) is 9.47. The van der Waals surface area contributed by atoms with E-state index in [0.717, 1.165) is 23.8 Å². The molecular formula is C17H16ClF2N5OS. The first-order chi connectivity index (χ1) is 13.0. The number of halogens is 3. The van der Waals surface area contributed by atoms with Crippen LogP contribution >= 0.6 is 22.9 Å². The lowest BCUT2D eigenvalue weighted by Crippen LogP contribution is -2.57. The van der Waals surface area contributed by atoms with Gasteiger partial charge in [-0.3, -0.25) is 0 Å². The predicted octanol–water partition coefficient (Wildman–Crippen LogP) is 4.10. The van der Waals surface area contributed by atoms with Gasteiger partial charge in [-0.05, 0) is 25.2 Å². The van der Waals surface area contributed by atoms with Crippen molar-refractivity contribution in [3.8, 4) is 10.8 Å². The van der Waals surface area contributed by atoms with E-state index < -0.39 is 12.3 Å². The lowest BCUT2D eigenvalue weighted by molar-refractivity contribution is 0.116. The summed E-state index contributed by atoms with van der Waals surface area (Å²) in [7, 11) is 2.07. The number of thiazole rings is 1. The highest BCUT2D eigenvalue weighted by atomic mass is 35.5. The normalized spacial score (nSPS) is 15.3. The fourth-order valence-electron chi connectivity index (χ4n) is 3.00. The Morgan fingerprint density at radius 1 is 1.37 bits per heavy atom. The molecule has 0 unspecified atom stereocenters. The molecule has 142 valence electrons. The lowest BCUT2D eigenvalue weighted by atomic mass is 10.1. The highest BCUT2D eigenvalue weighted by Crippen LogP contribution is 2.31. The van der Waals surface area contributed by atoms with Crippen LogP contribution in [0.25, 0.3) is 10.8 Å². The SMILES string of the molecule is CN1CC(N(Cc2ncc(-c3nnc(C(F)F)o3)s2)c2cccc(Cl)c2)C1. The number of nitrogens with zero attached hydrogens (tertiary/aromatic N) is 5. The summed E-state index contributed by atoms with van der Waals surface area (Å²) in [6.45, 7) is 2.48. The number of alkyl halides is 2. The zero-order valence-electron chi connectivity index (χ0n) is 14.3. The number of hydrogen-bond acceptors (Lipinski definition) is 7. The highest BCUT2D eigenvalue weighted by molar-refractivity contribution is 7.15. The summed E-state index contributed by atoms with van der Waals surface area (Å²) in [6.07, 6.45) is -1.21. The second-order valence-electron chi connectivity index (χ2n) is 6.35. The fraction of sp³-hybridized carbons (Fsp3) is 0.353. The summed E-state index contributed by atoms with van der Waals surface area (Å²) in [5.41, 5.74) is 1.02. The van der Waals surface area contributed by atoms with Crippen molar-refractivity contribution in [1.29, 1.82) is 0 Å². The van der Waals surface area contributed by atoms with Crippen LogP contribution in [0.2, 0.25) is 5.02 Å². The van der Waals surface area contributed by atoms with Crippen LogP contribution in [0, 0.1) is 0 Å². The van der Waals surface area contributed by atoms with Crippen molar-refractivity contribution in [2.24, 2.45) is 0 Å². The molecule has 27 heavy (non-hydrogen) atoms. The molecule has 6 nitrogen and oxygen atoms in total. The molecule has 0 saturated carbocycles. The van der Waals surface area contributed by atoms with Crippen molar-refractivity contribution in [3.63, 3.8) is 0 Å². The molecule has 4 rings (SSSR count). The molecule has 1 aliphatic rings. The van der Waals surface area contributed by atoms with Gasteiger partial charge in [0, 0.05) is 23.8 Å². The van der Waals surface area contributed by atoms with Gasteiger partial charge < -0.3 is 14.2 Å². The van der Waals surface area contributed by atoms with Crippen LogP contribution in [0.4, 0.5) is 14.5 Å². The number of benzene rings is 1. The topological polar surface area (TPSA) is 58.3 Å². The molecule has 0 spiro atoms. The molecule has 3 heterocycles. The van der Waals surface area contributed by atoms with Crippen LogP contribution in [-0.4, -0.2) is 46.3 Å². The third-order valence-corrected chi connectivity index (χ3v) is 5.53. The Kier molecular flexibility index (Phi) is 5.07. The van der Waals surface area contributed by atoms with E-state index in [0.29, 0.717) is 22.5 Å². The van der Waals surface area contributed by atoms with Crippen molar-refractivity contribution >= 4 is 28.6 Å². The lowest BCUT2D eigenvalue weighted by Gasteiger charge is -2.44. The average molecular weight is 412 g/mol. The molecule has 0 atom stereocenters. The number of likely N-dealkylation sites (N-methyl/N-ethyl adjacent to an activating group) is 1. The molecule has 0 bridgehead atoms. The smallest absolute Gasteiger partial charge is 0.314 e. The van der Waals surface area contributed by atoms with E-state index in [1.54, 1.807) is 6.20 Å². The van der Waals surface area contributed by atoms with Gasteiger partial charge >= 0.3 is 6.43 Å². The van der Waals surface area contributed by atoms with Gasteiger partial charge in [0.1, 0.15) is 9.88 Å². The van der Waals surface area contributed by atoms with E-state index in [1.807, 2.05) is 24.3 Å². The van der Waals surface area contributed by atoms with Crippen LogP contribution in [0.5, 0.6) is 0 Å². The minimum absolute atomic E-state index is 0.0618. The van der Waals surface area contributed by atoms with Crippen molar-refractivity contribution < 1.29 is 13.2 Å². The van der Waals surface area contributed by atoms with Gasteiger partial charge in [-0.1, -0.05) is 17.7 Å². The maximum atomic E-state index is 12.6. The van der Waals surface area contributed by atoms with Crippen LogP contribution < -0.4 is 4.90 Å². The summed E-state index contributed by atoms with van der Waals surface area (Å²) in [6, 6.07) is 8.07. The molecule has 1 aliphatic heterocycles. The third-order valence-electron chi connectivity index (χ3n) is 4.32. The van der Waals surface area contributed by atoms with Gasteiger partial charge in [-0.15, -0.1) is 21.5 Å². The molecule has 0 amide bonds. The van der Waals surface area contributed by atoms with Crippen LogP contribution in [0.3, 0.4) is 0 Å². The average Bonchev–Trinajstić information content (AvgIpc) is 3.26. The van der Waals surface area contributed by atoms with E-state index in [4.69, 9.17) is 16.0 Å². The van der Waals surface area contributed by atoms with E-state index in [2.05, 4.69) is 32.0 Å². The Labute approximate surface area is 163 Å². The molecule has 0 radical (unpaired) electrons. The third kappa shape index (κ3) is 3.95. The largest absolute Gasteiger partial charge is 0.414 e. The predicted molar refractivity (Wildman–Crippen MR) is 99.3 cm³/mol. The number of rotatable bonds is 6. The Morgan fingerprint density at radius 3 is 2.85 bits per heavy atom. The maximum absolute atomic E-state index is 12.6. The second-order valence-corrected chi connectivity index (χ2v) is 7.90. The Balaban J connectivity index is 1.55. The summed E-state index contributed by atoms with van der Waals surface area (Å²) < 4.78 is 30.3. The van der Waals surface area contributed by atoms with Crippen LogP contribution in [0.1, 0.15) is 17.3 Å². The van der Waals surface area contributed by atoms with E-state index in [1.165, 1.54) is 11.3 Å². The molecule has 1 aromatic carbocycles. The maximum Gasteiger partial charge on any atom is 0.314 e. The zero-order chi connectivity index (χ0) is 19.0. The number of likely N-dealkylation sites (tertiary alicyclic amines) is 1. The Hall–Kier alpha value is -2.10. The minimum Gasteiger partial charge on any atom is -0.414 e. The van der Waals surface area contributed by atoms with E-state index >= 15 is 0 Å². The van der Waals surface area contributed by atoms with Crippen molar-refractivity contribution in [3.05, 3.63) is 46.4 Å². The monoisotopic (exact) mass is 411 g/mol. The summed E-state index contributed by atoms with van der Waals surface area (Å²) in [5, 5.41) is 8.54. The fourth-order valence-corrected chi connectivity index (χ4v) is 4.02. The second kappa shape index (κ2) is 7.49. The molecule has 2 aromatic heterocycles. The summed E-state index contributed by atoms with van der Waals surface area (Å²) >= 11 is 7.51. The van der Waals surface area contributed by atoms with E-state index in [-0.39, 0.29) is 5.89 Å². The molecule has 3 aromatic rings. The van der Waals surface area contributed by atoms with Gasteiger partial charge in [0.15, 0.2) is 0 Å². The van der Waals surface area contributed by atoms with Gasteiger partial charge in [-0.25, -0.2) is 4.98 Å². The first-order valence-electron chi connectivity index (χ1n) is 8.27. The molecular weight excluding hydrogens is 396 g/mol.